The summed E-state index contributed by atoms with van der Waals surface area (Å²) in [6, 6.07) is 0.145. The van der Waals surface area contributed by atoms with E-state index >= 15 is 0 Å². The normalized spacial score (nSPS) is 13.0. The molecule has 1 atom stereocenters. The molecule has 7 heteroatoms. The van der Waals surface area contributed by atoms with Crippen molar-refractivity contribution in [2.75, 3.05) is 11.5 Å². The van der Waals surface area contributed by atoms with Crippen LogP contribution in [0.4, 0.5) is 5.95 Å². The Hall–Kier alpha value is -1.24. The minimum Gasteiger partial charge on any atom is -0.481 e. The molecule has 90 valence electrons. The van der Waals surface area contributed by atoms with Crippen LogP contribution in [0.3, 0.4) is 0 Å². The Bertz CT molecular complexity index is 378. The number of nitrogens with zero attached hydrogens (tertiary/aromatic N) is 3. The van der Waals surface area contributed by atoms with Gasteiger partial charge in [0.25, 0.3) is 0 Å². The molecule has 0 bridgehead atoms. The Morgan fingerprint density at radius 2 is 2.12 bits per heavy atom. The summed E-state index contributed by atoms with van der Waals surface area (Å²) >= 11 is 1.13. The van der Waals surface area contributed by atoms with Gasteiger partial charge in [-0.25, -0.2) is 0 Å². The maximum Gasteiger partial charge on any atom is 0.313 e. The van der Waals surface area contributed by atoms with Gasteiger partial charge in [0, 0.05) is 6.04 Å². The second-order valence-electron chi connectivity index (χ2n) is 3.88. The molecule has 1 aromatic heterocycles. The van der Waals surface area contributed by atoms with E-state index in [-0.39, 0.29) is 11.8 Å². The molecular weight excluding hydrogens is 228 g/mol. The average molecular weight is 244 g/mol. The first-order valence-corrected chi connectivity index (χ1v) is 5.97. The van der Waals surface area contributed by atoms with Crippen LogP contribution < -0.4 is 5.73 Å². The number of nitrogen functional groups attached to an aromatic ring is 1. The number of anilines is 1. The predicted molar refractivity (Wildman–Crippen MR) is 62.3 cm³/mol. The number of thioether (sulfide) groups is 1. The van der Waals surface area contributed by atoms with Crippen LogP contribution in [0.5, 0.6) is 0 Å². The minimum atomic E-state index is -0.879. The lowest BCUT2D eigenvalue weighted by molar-refractivity contribution is -0.133. The molecule has 0 fully saturated rings. The maximum absolute atomic E-state index is 10.5. The summed E-state index contributed by atoms with van der Waals surface area (Å²) in [7, 11) is 0. The summed E-state index contributed by atoms with van der Waals surface area (Å²) in [5, 5.41) is 16.8. The standard InChI is InChI=1S/C9H16N4O2S/c1-5(2)6(3)13-8(10)11-12-9(13)16-4-7(14)15/h5-6H,4H2,1-3H3,(H2,10,11)(H,14,15). The monoisotopic (exact) mass is 244 g/mol. The number of nitrogens with two attached hydrogens (primary N) is 1. The number of rotatable bonds is 5. The van der Waals surface area contributed by atoms with Crippen molar-refractivity contribution in [2.24, 2.45) is 5.92 Å². The fourth-order valence-electron chi connectivity index (χ4n) is 1.19. The van der Waals surface area contributed by atoms with E-state index in [4.69, 9.17) is 10.8 Å². The molecule has 0 saturated heterocycles. The van der Waals surface area contributed by atoms with Crippen LogP contribution in [0.2, 0.25) is 0 Å². The highest BCUT2D eigenvalue weighted by Gasteiger charge is 2.19. The minimum absolute atomic E-state index is 0.0387. The molecule has 0 aliphatic carbocycles. The number of aromatic nitrogens is 3. The summed E-state index contributed by atoms with van der Waals surface area (Å²) in [5.74, 6) is -0.213. The summed E-state index contributed by atoms with van der Waals surface area (Å²) < 4.78 is 1.78. The lowest BCUT2D eigenvalue weighted by Gasteiger charge is -2.19. The van der Waals surface area contributed by atoms with Gasteiger partial charge in [-0.3, -0.25) is 9.36 Å². The van der Waals surface area contributed by atoms with Crippen LogP contribution in [-0.2, 0) is 4.79 Å². The largest absolute Gasteiger partial charge is 0.481 e. The molecule has 0 aliphatic heterocycles. The number of carboxylic acid groups (broad SMARTS) is 1. The van der Waals surface area contributed by atoms with Crippen LogP contribution in [-0.4, -0.2) is 31.6 Å². The summed E-state index contributed by atoms with van der Waals surface area (Å²) in [5.41, 5.74) is 5.72. The molecule has 0 spiro atoms. The zero-order valence-electron chi connectivity index (χ0n) is 9.54. The highest BCUT2D eigenvalue weighted by Crippen LogP contribution is 2.26. The van der Waals surface area contributed by atoms with E-state index in [1.807, 2.05) is 6.92 Å². The van der Waals surface area contributed by atoms with Gasteiger partial charge >= 0.3 is 5.97 Å². The van der Waals surface area contributed by atoms with E-state index in [2.05, 4.69) is 24.0 Å². The first kappa shape index (κ1) is 12.8. The quantitative estimate of drug-likeness (QED) is 0.757. The van der Waals surface area contributed by atoms with Gasteiger partial charge in [-0.15, -0.1) is 10.2 Å². The van der Waals surface area contributed by atoms with Crippen molar-refractivity contribution in [3.05, 3.63) is 0 Å². The van der Waals surface area contributed by atoms with Gasteiger partial charge < -0.3 is 10.8 Å². The molecule has 1 rings (SSSR count). The zero-order chi connectivity index (χ0) is 12.3. The van der Waals surface area contributed by atoms with Crippen molar-refractivity contribution in [3.63, 3.8) is 0 Å². The molecule has 16 heavy (non-hydrogen) atoms. The molecule has 0 aliphatic rings. The Morgan fingerprint density at radius 1 is 1.50 bits per heavy atom. The number of hydrogen-bond acceptors (Lipinski definition) is 5. The Balaban J connectivity index is 2.89. The third-order valence-corrected chi connectivity index (χ3v) is 3.32. The van der Waals surface area contributed by atoms with Crippen LogP contribution in [0.1, 0.15) is 26.8 Å². The van der Waals surface area contributed by atoms with E-state index in [0.717, 1.165) is 11.8 Å². The van der Waals surface area contributed by atoms with Gasteiger partial charge in [-0.2, -0.15) is 0 Å². The third kappa shape index (κ3) is 2.88. The van der Waals surface area contributed by atoms with Gasteiger partial charge in [0.05, 0.1) is 5.75 Å². The second kappa shape index (κ2) is 5.20. The van der Waals surface area contributed by atoms with Gasteiger partial charge in [0.2, 0.25) is 5.95 Å². The lowest BCUT2D eigenvalue weighted by Crippen LogP contribution is -2.15. The molecule has 1 unspecified atom stereocenters. The van der Waals surface area contributed by atoms with Crippen molar-refractivity contribution < 1.29 is 9.90 Å². The summed E-state index contributed by atoms with van der Waals surface area (Å²) in [6.45, 7) is 6.14. The van der Waals surface area contributed by atoms with Crippen molar-refractivity contribution >= 4 is 23.7 Å². The maximum atomic E-state index is 10.5. The van der Waals surface area contributed by atoms with Crippen LogP contribution in [0.25, 0.3) is 0 Å². The van der Waals surface area contributed by atoms with Crippen LogP contribution in [0.15, 0.2) is 5.16 Å². The lowest BCUT2D eigenvalue weighted by atomic mass is 10.1. The third-order valence-electron chi connectivity index (χ3n) is 2.39. The SMILES string of the molecule is CC(C)C(C)n1c(N)nnc1SCC(=O)O. The average Bonchev–Trinajstić information content (AvgIpc) is 2.55. The first-order valence-electron chi connectivity index (χ1n) is 4.98. The number of carbonyl (C=O) groups is 1. The molecule has 3 N–H and O–H groups in total. The molecule has 6 nitrogen and oxygen atoms in total. The molecule has 0 saturated carbocycles. The first-order chi connectivity index (χ1) is 7.43. The summed E-state index contributed by atoms with van der Waals surface area (Å²) in [6.07, 6.45) is 0. The van der Waals surface area contributed by atoms with Gasteiger partial charge in [0.1, 0.15) is 0 Å². The second-order valence-corrected chi connectivity index (χ2v) is 4.82. The molecular formula is C9H16N4O2S. The highest BCUT2D eigenvalue weighted by molar-refractivity contribution is 7.99. The van der Waals surface area contributed by atoms with Crippen molar-refractivity contribution in [2.45, 2.75) is 32.0 Å². The molecule has 0 amide bonds. The Labute approximate surface area is 98.2 Å². The van der Waals surface area contributed by atoms with E-state index in [1.54, 1.807) is 4.57 Å². The molecule has 0 aromatic carbocycles. The fourth-order valence-corrected chi connectivity index (χ4v) is 1.94. The summed E-state index contributed by atoms with van der Waals surface area (Å²) in [4.78, 5) is 10.5. The van der Waals surface area contributed by atoms with Gasteiger partial charge in [-0.1, -0.05) is 25.6 Å². The number of hydrogen-bond donors (Lipinski definition) is 2. The van der Waals surface area contributed by atoms with E-state index in [9.17, 15) is 4.79 Å². The fraction of sp³-hybridized carbons (Fsp3) is 0.667. The van der Waals surface area contributed by atoms with Gasteiger partial charge in [-0.05, 0) is 12.8 Å². The van der Waals surface area contributed by atoms with E-state index in [1.165, 1.54) is 0 Å². The van der Waals surface area contributed by atoms with E-state index < -0.39 is 5.97 Å². The van der Waals surface area contributed by atoms with E-state index in [0.29, 0.717) is 17.0 Å². The van der Waals surface area contributed by atoms with Crippen LogP contribution >= 0.6 is 11.8 Å². The highest BCUT2D eigenvalue weighted by atomic mass is 32.2. The van der Waals surface area contributed by atoms with Crippen molar-refractivity contribution in [1.82, 2.24) is 14.8 Å². The Morgan fingerprint density at radius 3 is 2.62 bits per heavy atom. The molecule has 1 heterocycles. The Kier molecular flexibility index (Phi) is 4.17. The smallest absolute Gasteiger partial charge is 0.313 e. The van der Waals surface area contributed by atoms with Crippen molar-refractivity contribution in [3.8, 4) is 0 Å². The van der Waals surface area contributed by atoms with Crippen LogP contribution in [0, 0.1) is 5.92 Å². The molecule has 1 aromatic rings. The topological polar surface area (TPSA) is 94.0 Å². The van der Waals surface area contributed by atoms with Crippen molar-refractivity contribution in [1.29, 1.82) is 0 Å². The number of aliphatic carboxylic acids is 1. The molecule has 0 radical (unpaired) electrons. The zero-order valence-corrected chi connectivity index (χ0v) is 10.4. The van der Waals surface area contributed by atoms with Gasteiger partial charge in [0.15, 0.2) is 5.16 Å². The predicted octanol–water partition coefficient (Wildman–Crippen LogP) is 1.25. The number of carboxylic acids is 1.